The van der Waals surface area contributed by atoms with Gasteiger partial charge in [-0.25, -0.2) is 8.78 Å². The molecule has 0 unspecified atom stereocenters. The van der Waals surface area contributed by atoms with Gasteiger partial charge in [0.15, 0.2) is 0 Å². The predicted molar refractivity (Wildman–Crippen MR) is 77.9 cm³/mol. The molecular weight excluding hydrogens is 286 g/mol. The second-order valence-electron chi connectivity index (χ2n) is 3.71. The molecule has 0 atom stereocenters. The van der Waals surface area contributed by atoms with Crippen molar-refractivity contribution in [3.05, 3.63) is 29.3 Å². The largest absolute Gasteiger partial charge is 0.295 e. The second kappa shape index (κ2) is 10.7. The molecule has 0 radical (unpaired) electrons. The van der Waals surface area contributed by atoms with Crippen molar-refractivity contribution in [3.8, 4) is 0 Å². The molecule has 0 fully saturated rings. The van der Waals surface area contributed by atoms with Crippen LogP contribution in [0.2, 0.25) is 0 Å². The van der Waals surface area contributed by atoms with E-state index in [1.165, 1.54) is 12.5 Å². The minimum atomic E-state index is -4.58. The molecule has 1 aromatic carbocycles. The SMILES string of the molecule is CC.CCC.CCc1ccc(S(=O)(=O)O)c(C(F)F)c1. The van der Waals surface area contributed by atoms with Crippen LogP contribution in [0.25, 0.3) is 0 Å². The van der Waals surface area contributed by atoms with E-state index in [4.69, 9.17) is 4.55 Å². The van der Waals surface area contributed by atoms with E-state index >= 15 is 0 Å². The molecule has 0 aliphatic heterocycles. The van der Waals surface area contributed by atoms with E-state index in [9.17, 15) is 17.2 Å². The van der Waals surface area contributed by atoms with Gasteiger partial charge in [0.2, 0.25) is 0 Å². The highest BCUT2D eigenvalue weighted by molar-refractivity contribution is 7.85. The van der Waals surface area contributed by atoms with Gasteiger partial charge in [0, 0.05) is 5.56 Å². The summed E-state index contributed by atoms with van der Waals surface area (Å²) in [5.74, 6) is 0. The summed E-state index contributed by atoms with van der Waals surface area (Å²) >= 11 is 0. The molecule has 0 aliphatic rings. The van der Waals surface area contributed by atoms with Crippen LogP contribution in [-0.2, 0) is 16.5 Å². The molecule has 0 saturated heterocycles. The summed E-state index contributed by atoms with van der Waals surface area (Å²) in [5.41, 5.74) is -0.0606. The zero-order valence-corrected chi connectivity index (χ0v) is 13.5. The summed E-state index contributed by atoms with van der Waals surface area (Å²) < 4.78 is 55.3. The quantitative estimate of drug-likeness (QED) is 0.810. The third kappa shape index (κ3) is 7.55. The Bertz CT molecular complexity index is 471. The van der Waals surface area contributed by atoms with E-state index < -0.39 is 27.0 Å². The van der Waals surface area contributed by atoms with Crippen molar-refractivity contribution >= 4 is 10.1 Å². The standard InChI is InChI=1S/C9H10F2O3S.C3H8.C2H6/c1-2-6-3-4-8(15(12,13)14)7(5-6)9(10)11;1-3-2;1-2/h3-5,9H,2H2,1H3,(H,12,13,14);3H2,1-2H3;1-2H3. The third-order valence-electron chi connectivity index (χ3n) is 2.00. The first kappa shape index (κ1) is 21.3. The lowest BCUT2D eigenvalue weighted by molar-refractivity contribution is 0.147. The molecule has 0 amide bonds. The Kier molecular flexibility index (Phi) is 11.4. The fraction of sp³-hybridized carbons (Fsp3) is 0.571. The van der Waals surface area contributed by atoms with Gasteiger partial charge in [-0.05, 0) is 24.1 Å². The van der Waals surface area contributed by atoms with E-state index in [0.29, 0.717) is 12.0 Å². The average molecular weight is 310 g/mol. The number of halogens is 2. The number of aryl methyl sites for hydroxylation is 1. The van der Waals surface area contributed by atoms with Gasteiger partial charge in [0.05, 0.1) is 0 Å². The summed E-state index contributed by atoms with van der Waals surface area (Å²) in [6.07, 6.45) is -1.15. The fourth-order valence-corrected chi connectivity index (χ4v) is 1.91. The number of benzene rings is 1. The highest BCUT2D eigenvalue weighted by Crippen LogP contribution is 2.27. The van der Waals surface area contributed by atoms with Crippen LogP contribution in [0, 0.1) is 0 Å². The molecule has 0 bridgehead atoms. The molecule has 0 heterocycles. The van der Waals surface area contributed by atoms with Gasteiger partial charge < -0.3 is 0 Å². The van der Waals surface area contributed by atoms with Crippen LogP contribution in [0.1, 0.15) is 58.6 Å². The molecule has 118 valence electrons. The Labute approximate surface area is 120 Å². The van der Waals surface area contributed by atoms with Crippen LogP contribution >= 0.6 is 0 Å². The van der Waals surface area contributed by atoms with Crippen LogP contribution < -0.4 is 0 Å². The lowest BCUT2D eigenvalue weighted by atomic mass is 10.1. The maximum Gasteiger partial charge on any atom is 0.295 e. The molecule has 1 aromatic rings. The Hall–Kier alpha value is -1.01. The van der Waals surface area contributed by atoms with E-state index in [1.807, 2.05) is 13.8 Å². The van der Waals surface area contributed by atoms with Gasteiger partial charge >= 0.3 is 0 Å². The minimum Gasteiger partial charge on any atom is -0.282 e. The maximum atomic E-state index is 12.5. The van der Waals surface area contributed by atoms with Crippen molar-refractivity contribution in [1.29, 1.82) is 0 Å². The van der Waals surface area contributed by atoms with Gasteiger partial charge in [-0.2, -0.15) is 8.42 Å². The molecule has 3 nitrogen and oxygen atoms in total. The van der Waals surface area contributed by atoms with Crippen LogP contribution in [0.4, 0.5) is 8.78 Å². The average Bonchev–Trinajstić information content (AvgIpc) is 2.40. The van der Waals surface area contributed by atoms with E-state index in [-0.39, 0.29) is 0 Å². The Balaban J connectivity index is 0. The molecule has 6 heteroatoms. The van der Waals surface area contributed by atoms with Crippen LogP contribution in [0.15, 0.2) is 23.1 Å². The van der Waals surface area contributed by atoms with Crippen molar-refractivity contribution in [2.24, 2.45) is 0 Å². The maximum absolute atomic E-state index is 12.5. The molecule has 20 heavy (non-hydrogen) atoms. The zero-order valence-electron chi connectivity index (χ0n) is 12.7. The Morgan fingerprint density at radius 1 is 1.15 bits per heavy atom. The summed E-state index contributed by atoms with van der Waals surface area (Å²) in [4.78, 5) is -0.727. The van der Waals surface area contributed by atoms with Gasteiger partial charge in [-0.1, -0.05) is 47.1 Å². The van der Waals surface area contributed by atoms with Gasteiger partial charge in [-0.3, -0.25) is 4.55 Å². The smallest absolute Gasteiger partial charge is 0.282 e. The second-order valence-corrected chi connectivity index (χ2v) is 5.10. The van der Waals surface area contributed by atoms with E-state index in [0.717, 1.165) is 12.1 Å². The molecule has 1 N–H and O–H groups in total. The summed E-state index contributed by atoms with van der Waals surface area (Å²) in [5, 5.41) is 0. The topological polar surface area (TPSA) is 54.4 Å². The highest BCUT2D eigenvalue weighted by atomic mass is 32.2. The van der Waals surface area contributed by atoms with Crippen molar-refractivity contribution in [1.82, 2.24) is 0 Å². The van der Waals surface area contributed by atoms with Gasteiger partial charge in [0.1, 0.15) is 4.90 Å². The third-order valence-corrected chi connectivity index (χ3v) is 2.92. The van der Waals surface area contributed by atoms with Gasteiger partial charge in [0.25, 0.3) is 16.5 Å². The minimum absolute atomic E-state index is 0.519. The lowest BCUT2D eigenvalue weighted by Crippen LogP contribution is -2.04. The number of alkyl halides is 2. The van der Waals surface area contributed by atoms with Crippen molar-refractivity contribution in [2.75, 3.05) is 0 Å². The Morgan fingerprint density at radius 3 is 1.90 bits per heavy atom. The predicted octanol–water partition coefficient (Wildman–Crippen LogP) is 4.88. The molecule has 0 aromatic heterocycles. The summed E-state index contributed by atoms with van der Waals surface area (Å²) in [6.45, 7) is 10.0. The van der Waals surface area contributed by atoms with Gasteiger partial charge in [-0.15, -0.1) is 0 Å². The normalized spacial score (nSPS) is 10.2. The highest BCUT2D eigenvalue weighted by Gasteiger charge is 2.21. The monoisotopic (exact) mass is 310 g/mol. The molecule has 1 rings (SSSR count). The van der Waals surface area contributed by atoms with Crippen LogP contribution in [0.5, 0.6) is 0 Å². The molecular formula is C14H24F2O3S. The number of rotatable bonds is 3. The van der Waals surface area contributed by atoms with E-state index in [1.54, 1.807) is 6.92 Å². The zero-order chi connectivity index (χ0) is 16.3. The molecule has 0 spiro atoms. The summed E-state index contributed by atoms with van der Waals surface area (Å²) in [7, 11) is -4.58. The first-order valence-electron chi connectivity index (χ1n) is 6.66. The molecule has 0 aliphatic carbocycles. The van der Waals surface area contributed by atoms with E-state index in [2.05, 4.69) is 13.8 Å². The lowest BCUT2D eigenvalue weighted by Gasteiger charge is -2.07. The fourth-order valence-electron chi connectivity index (χ4n) is 1.22. The summed E-state index contributed by atoms with van der Waals surface area (Å²) in [6, 6.07) is 3.48. The van der Waals surface area contributed by atoms with Crippen LogP contribution in [-0.4, -0.2) is 13.0 Å². The molecule has 0 saturated carbocycles. The Morgan fingerprint density at radius 2 is 1.60 bits per heavy atom. The first-order chi connectivity index (χ1) is 9.27. The van der Waals surface area contributed by atoms with Crippen molar-refractivity contribution in [2.45, 2.75) is 58.8 Å². The van der Waals surface area contributed by atoms with Crippen molar-refractivity contribution in [3.63, 3.8) is 0 Å². The van der Waals surface area contributed by atoms with Crippen LogP contribution in [0.3, 0.4) is 0 Å². The first-order valence-corrected chi connectivity index (χ1v) is 8.10. The number of hydrogen-bond acceptors (Lipinski definition) is 2. The number of hydrogen-bond donors (Lipinski definition) is 1. The van der Waals surface area contributed by atoms with Crippen molar-refractivity contribution < 1.29 is 21.8 Å².